The predicted molar refractivity (Wildman–Crippen MR) is 252 cm³/mol. The first-order valence-corrected chi connectivity index (χ1v) is 22.0. The third kappa shape index (κ3) is 9.04. The van der Waals surface area contributed by atoms with E-state index in [-0.39, 0.29) is 62.6 Å². The van der Waals surface area contributed by atoms with E-state index in [9.17, 15) is 24.3 Å². The molecule has 0 bridgehead atoms. The zero-order valence-corrected chi connectivity index (χ0v) is 36.4. The van der Waals surface area contributed by atoms with E-state index in [1.54, 1.807) is 50.2 Å². The minimum Gasteiger partial charge on any atom is -0.508 e. The van der Waals surface area contributed by atoms with E-state index in [1.807, 2.05) is 98.0 Å². The number of hydrogen-bond acceptors (Lipinski definition) is 8. The lowest BCUT2D eigenvalue weighted by atomic mass is 9.97. The standard InChI is InChI=1S/C51H53N9O5/c1-3-26-58-34-47(62)59-45(29-35-12-22-42(61)23-13-35)50(64)57(33-46(59)60(58)51(65)53-30-36-8-5-4-6-9-36)31-39-10-7-11-43-44(32-55(2)48(39)43)37-14-16-38(17-15-37)49(63)54-40-18-20-41(21-19-40)56-27-24-52-25-28-56/h3-23,32,45-46,52,61H,1,24-31,33-34H2,2H3,(H,53,65)(H,54,63)/t45-,46-/m0/s1. The maximum Gasteiger partial charge on any atom is 0.334 e. The molecule has 0 radical (unpaired) electrons. The second-order valence-corrected chi connectivity index (χ2v) is 16.8. The number of nitrogens with zero attached hydrogens (tertiary/aromatic N) is 6. The molecule has 0 aliphatic carbocycles. The van der Waals surface area contributed by atoms with E-state index in [0.29, 0.717) is 5.56 Å². The minimum atomic E-state index is -0.920. The number of hydrazine groups is 1. The predicted octanol–water partition coefficient (Wildman–Crippen LogP) is 5.95. The van der Waals surface area contributed by atoms with Crippen LogP contribution < -0.4 is 20.9 Å². The summed E-state index contributed by atoms with van der Waals surface area (Å²) in [6, 6.07) is 36.5. The third-order valence-electron chi connectivity index (χ3n) is 12.5. The Morgan fingerprint density at radius 1 is 0.862 bits per heavy atom. The number of aryl methyl sites for hydroxylation is 1. The number of fused-ring (bicyclic) bond motifs is 2. The number of aromatic nitrogens is 1. The number of amides is 5. The number of benzene rings is 5. The molecule has 332 valence electrons. The van der Waals surface area contributed by atoms with Gasteiger partial charge in [0.2, 0.25) is 11.8 Å². The Bertz CT molecular complexity index is 2700. The van der Waals surface area contributed by atoms with Crippen molar-refractivity contribution in [3.05, 3.63) is 162 Å². The second kappa shape index (κ2) is 18.7. The Hall–Kier alpha value is -7.42. The van der Waals surface area contributed by atoms with Crippen molar-refractivity contribution in [2.45, 2.75) is 31.7 Å². The molecule has 1 aromatic heterocycles. The van der Waals surface area contributed by atoms with Crippen molar-refractivity contribution in [1.82, 2.24) is 35.0 Å². The van der Waals surface area contributed by atoms with E-state index in [4.69, 9.17) is 0 Å². The Morgan fingerprint density at radius 2 is 1.60 bits per heavy atom. The lowest BCUT2D eigenvalue weighted by Gasteiger charge is -2.55. The van der Waals surface area contributed by atoms with E-state index >= 15 is 0 Å². The average molecular weight is 872 g/mol. The SMILES string of the molecule is C=CCN1CC(=O)N2[C@@H](Cc3ccc(O)cc3)C(=O)N(Cc3cccc4c(-c5ccc(C(=O)Nc6ccc(N7CCNCC7)cc6)cc5)cn(C)c34)C[C@@H]2N1C(=O)NCc1ccccc1. The van der Waals surface area contributed by atoms with Crippen LogP contribution in [0.5, 0.6) is 5.75 Å². The molecule has 3 aliphatic heterocycles. The minimum absolute atomic E-state index is 0.0700. The number of nitrogens with one attached hydrogen (secondary N) is 3. The number of para-hydroxylation sites is 1. The summed E-state index contributed by atoms with van der Waals surface area (Å²) in [5.41, 5.74) is 7.83. The highest BCUT2D eigenvalue weighted by molar-refractivity contribution is 6.05. The van der Waals surface area contributed by atoms with Gasteiger partial charge in [0, 0.05) is 93.4 Å². The largest absolute Gasteiger partial charge is 0.508 e. The quantitative estimate of drug-likeness (QED) is 0.111. The third-order valence-corrected chi connectivity index (χ3v) is 12.5. The lowest BCUT2D eigenvalue weighted by molar-refractivity contribution is -0.189. The maximum absolute atomic E-state index is 14.8. The molecule has 5 amide bonds. The van der Waals surface area contributed by atoms with Crippen molar-refractivity contribution in [3.63, 3.8) is 0 Å². The number of hydrogen-bond donors (Lipinski definition) is 4. The molecule has 0 spiro atoms. The van der Waals surface area contributed by atoms with E-state index in [1.165, 1.54) is 0 Å². The molecule has 9 rings (SSSR count). The maximum atomic E-state index is 14.8. The molecular weight excluding hydrogens is 819 g/mol. The number of carbonyl (C=O) groups excluding carboxylic acids is 4. The van der Waals surface area contributed by atoms with Crippen LogP contribution in [0.3, 0.4) is 0 Å². The van der Waals surface area contributed by atoms with Crippen LogP contribution in [0.2, 0.25) is 0 Å². The van der Waals surface area contributed by atoms with Gasteiger partial charge in [-0.05, 0) is 70.8 Å². The average Bonchev–Trinajstić information content (AvgIpc) is 3.67. The second-order valence-electron chi connectivity index (χ2n) is 16.8. The van der Waals surface area contributed by atoms with Crippen molar-refractivity contribution in [3.8, 4) is 16.9 Å². The van der Waals surface area contributed by atoms with Gasteiger partial charge in [0.1, 0.15) is 18.0 Å². The highest BCUT2D eigenvalue weighted by atomic mass is 16.3. The van der Waals surface area contributed by atoms with Gasteiger partial charge in [-0.15, -0.1) is 6.58 Å². The van der Waals surface area contributed by atoms with Gasteiger partial charge in [0.25, 0.3) is 5.91 Å². The van der Waals surface area contributed by atoms with Gasteiger partial charge in [-0.2, -0.15) is 0 Å². The normalized spacial score (nSPS) is 17.9. The zero-order chi connectivity index (χ0) is 45.0. The van der Waals surface area contributed by atoms with E-state index in [0.717, 1.165) is 76.3 Å². The summed E-state index contributed by atoms with van der Waals surface area (Å²) in [5, 5.41) is 23.7. The molecule has 6 aromatic rings. The van der Waals surface area contributed by atoms with Crippen LogP contribution in [-0.2, 0) is 36.1 Å². The summed E-state index contributed by atoms with van der Waals surface area (Å²) < 4.78 is 2.05. The van der Waals surface area contributed by atoms with Crippen LogP contribution in [0.1, 0.15) is 27.0 Å². The Labute approximate surface area is 378 Å². The molecule has 3 fully saturated rings. The van der Waals surface area contributed by atoms with Gasteiger partial charge in [-0.25, -0.2) is 14.8 Å². The van der Waals surface area contributed by atoms with Crippen LogP contribution in [0.15, 0.2) is 140 Å². The molecule has 2 atom stereocenters. The zero-order valence-electron chi connectivity index (χ0n) is 36.4. The summed E-state index contributed by atoms with van der Waals surface area (Å²) in [5.74, 6) is -0.601. The number of phenolic OH excluding ortho intramolecular Hbond substituents is 1. The molecule has 14 heteroatoms. The van der Waals surface area contributed by atoms with Crippen molar-refractivity contribution in [2.24, 2.45) is 7.05 Å². The summed E-state index contributed by atoms with van der Waals surface area (Å²) >= 11 is 0. The fourth-order valence-electron chi connectivity index (χ4n) is 9.35. The monoisotopic (exact) mass is 871 g/mol. The van der Waals surface area contributed by atoms with Crippen LogP contribution in [0.25, 0.3) is 22.0 Å². The number of carbonyl (C=O) groups is 4. The van der Waals surface area contributed by atoms with Gasteiger partial charge in [0.15, 0.2) is 0 Å². The lowest BCUT2D eigenvalue weighted by Crippen LogP contribution is -2.76. The van der Waals surface area contributed by atoms with Crippen LogP contribution in [0.4, 0.5) is 16.2 Å². The van der Waals surface area contributed by atoms with Gasteiger partial charge >= 0.3 is 6.03 Å². The number of rotatable bonds is 12. The molecular formula is C51H53N9O5. The Morgan fingerprint density at radius 3 is 2.32 bits per heavy atom. The van der Waals surface area contributed by atoms with Crippen molar-refractivity contribution < 1.29 is 24.3 Å². The molecule has 0 saturated carbocycles. The van der Waals surface area contributed by atoms with Crippen LogP contribution in [0, 0.1) is 0 Å². The summed E-state index contributed by atoms with van der Waals surface area (Å²) in [4.78, 5) is 62.2. The number of urea groups is 1. The molecule has 5 aromatic carbocycles. The fraction of sp³-hybridized carbons (Fsp3) is 0.255. The topological polar surface area (TPSA) is 146 Å². The van der Waals surface area contributed by atoms with Crippen molar-refractivity contribution in [2.75, 3.05) is 56.0 Å². The Balaban J connectivity index is 0.980. The van der Waals surface area contributed by atoms with Crippen LogP contribution >= 0.6 is 0 Å². The molecule has 3 saturated heterocycles. The first kappa shape index (κ1) is 42.9. The van der Waals surface area contributed by atoms with Crippen molar-refractivity contribution in [1.29, 1.82) is 0 Å². The number of aromatic hydroxyl groups is 1. The highest BCUT2D eigenvalue weighted by Crippen LogP contribution is 2.35. The van der Waals surface area contributed by atoms with Gasteiger partial charge < -0.3 is 40.3 Å². The molecule has 3 aliphatic rings. The smallest absolute Gasteiger partial charge is 0.334 e. The van der Waals surface area contributed by atoms with E-state index in [2.05, 4.69) is 44.3 Å². The van der Waals surface area contributed by atoms with Gasteiger partial charge in [-0.3, -0.25) is 14.4 Å². The molecule has 65 heavy (non-hydrogen) atoms. The molecule has 4 heterocycles. The van der Waals surface area contributed by atoms with Gasteiger partial charge in [0.05, 0.1) is 18.6 Å². The summed E-state index contributed by atoms with van der Waals surface area (Å²) in [7, 11) is 1.98. The molecule has 14 nitrogen and oxygen atoms in total. The van der Waals surface area contributed by atoms with Gasteiger partial charge in [-0.1, -0.05) is 78.9 Å². The van der Waals surface area contributed by atoms with Crippen molar-refractivity contribution >= 4 is 46.0 Å². The first-order valence-electron chi connectivity index (χ1n) is 22.0. The van der Waals surface area contributed by atoms with E-state index < -0.39 is 18.2 Å². The highest BCUT2D eigenvalue weighted by Gasteiger charge is 2.51. The molecule has 4 N–H and O–H groups in total. The number of anilines is 2. The summed E-state index contributed by atoms with van der Waals surface area (Å²) in [6.07, 6.45) is 3.09. The Kier molecular flexibility index (Phi) is 12.4. The number of phenols is 1. The van der Waals surface area contributed by atoms with Crippen LogP contribution in [-0.4, -0.2) is 111 Å². The first-order chi connectivity index (χ1) is 31.6. The number of piperazine rings is 2. The molecule has 0 unspecified atom stereocenters. The fourth-order valence-corrected chi connectivity index (χ4v) is 9.35. The summed E-state index contributed by atoms with van der Waals surface area (Å²) in [6.45, 7) is 8.41.